The maximum Gasteiger partial charge on any atom is 0.414 e. The number of fused-ring (bicyclic) bond motifs is 1. The van der Waals surface area contributed by atoms with Crippen LogP contribution in [0.2, 0.25) is 0 Å². The lowest BCUT2D eigenvalue weighted by Crippen LogP contribution is -2.38. The number of aromatic nitrogens is 1. The van der Waals surface area contributed by atoms with Crippen LogP contribution in [0, 0.1) is 5.82 Å². The Morgan fingerprint density at radius 2 is 2.29 bits per heavy atom. The number of aliphatic imine (C=N–C) groups is 1. The van der Waals surface area contributed by atoms with Gasteiger partial charge < -0.3 is 20.7 Å². The van der Waals surface area contributed by atoms with Crippen molar-refractivity contribution in [1.29, 1.82) is 0 Å². The number of rotatable bonds is 4. The highest BCUT2D eigenvalue weighted by Gasteiger charge is 2.33. The van der Waals surface area contributed by atoms with Crippen molar-refractivity contribution in [2.75, 3.05) is 29.9 Å². The van der Waals surface area contributed by atoms with Gasteiger partial charge in [-0.05, 0) is 29.8 Å². The van der Waals surface area contributed by atoms with Crippen molar-refractivity contribution in [1.82, 2.24) is 10.3 Å². The molecule has 0 aliphatic carbocycles. The molecule has 1 aromatic heterocycles. The minimum atomic E-state index is -0.510. The van der Waals surface area contributed by atoms with Crippen LogP contribution in [0.4, 0.5) is 20.6 Å². The van der Waals surface area contributed by atoms with Gasteiger partial charge in [0, 0.05) is 19.8 Å². The summed E-state index contributed by atoms with van der Waals surface area (Å²) in [5.74, 6) is -0.118. The van der Waals surface area contributed by atoms with Crippen LogP contribution in [0.3, 0.4) is 0 Å². The molecular weight excluding hydrogens is 363 g/mol. The molecule has 2 aliphatic rings. The number of halogens is 1. The molecule has 1 atom stereocenters. The molecule has 3 N–H and O–H groups in total. The Morgan fingerprint density at radius 1 is 1.43 bits per heavy atom. The quantitative estimate of drug-likeness (QED) is 0.614. The lowest BCUT2D eigenvalue weighted by atomic mass is 10.2. The summed E-state index contributed by atoms with van der Waals surface area (Å²) in [5.41, 5.74) is 8.58. The maximum absolute atomic E-state index is 14.8. The van der Waals surface area contributed by atoms with Crippen molar-refractivity contribution in [3.8, 4) is 0 Å². The summed E-state index contributed by atoms with van der Waals surface area (Å²) in [7, 11) is 1.56. The van der Waals surface area contributed by atoms with Crippen LogP contribution in [0.1, 0.15) is 11.3 Å². The normalized spacial score (nSPS) is 19.0. The maximum atomic E-state index is 14.8. The van der Waals surface area contributed by atoms with Crippen molar-refractivity contribution in [3.05, 3.63) is 53.6 Å². The molecule has 1 fully saturated rings. The fraction of sp³-hybridized carbons (Fsp3) is 0.316. The zero-order valence-electron chi connectivity index (χ0n) is 15.4. The predicted molar refractivity (Wildman–Crippen MR) is 104 cm³/mol. The van der Waals surface area contributed by atoms with Gasteiger partial charge in [-0.2, -0.15) is 0 Å². The van der Waals surface area contributed by atoms with Crippen LogP contribution in [-0.4, -0.2) is 43.3 Å². The molecule has 8 nitrogen and oxygen atoms in total. The van der Waals surface area contributed by atoms with Gasteiger partial charge in [0.05, 0.1) is 36.7 Å². The molecule has 2 aliphatic heterocycles. The molecule has 3 heterocycles. The molecule has 0 bridgehead atoms. The molecule has 2 aromatic rings. The summed E-state index contributed by atoms with van der Waals surface area (Å²) < 4.78 is 20.1. The Morgan fingerprint density at radius 3 is 3.04 bits per heavy atom. The summed E-state index contributed by atoms with van der Waals surface area (Å²) in [6, 6.07) is 8.67. The van der Waals surface area contributed by atoms with Crippen molar-refractivity contribution in [2.24, 2.45) is 10.7 Å². The zero-order valence-corrected chi connectivity index (χ0v) is 15.4. The monoisotopic (exact) mass is 384 g/mol. The predicted octanol–water partition coefficient (Wildman–Crippen LogP) is 1.60. The first-order chi connectivity index (χ1) is 13.5. The summed E-state index contributed by atoms with van der Waals surface area (Å²) >= 11 is 0. The Balaban J connectivity index is 1.46. The second-order valence-corrected chi connectivity index (χ2v) is 6.71. The number of guanidine groups is 1. The van der Waals surface area contributed by atoms with Gasteiger partial charge in [0.25, 0.3) is 0 Å². The Labute approximate surface area is 161 Å². The fourth-order valence-electron chi connectivity index (χ4n) is 3.43. The van der Waals surface area contributed by atoms with E-state index >= 15 is 0 Å². The van der Waals surface area contributed by atoms with E-state index in [0.29, 0.717) is 37.6 Å². The van der Waals surface area contributed by atoms with Gasteiger partial charge in [-0.1, -0.05) is 6.07 Å². The lowest BCUT2D eigenvalue weighted by molar-refractivity contribution is 0.143. The van der Waals surface area contributed by atoms with E-state index in [0.717, 1.165) is 11.3 Å². The first-order valence-corrected chi connectivity index (χ1v) is 8.96. The summed E-state index contributed by atoms with van der Waals surface area (Å²) in [4.78, 5) is 23.7. The van der Waals surface area contributed by atoms with E-state index in [1.165, 1.54) is 11.0 Å². The third kappa shape index (κ3) is 3.42. The molecule has 0 saturated carbocycles. The van der Waals surface area contributed by atoms with Crippen LogP contribution in [0.15, 0.2) is 41.5 Å². The first kappa shape index (κ1) is 18.0. The van der Waals surface area contributed by atoms with Crippen molar-refractivity contribution < 1.29 is 13.9 Å². The highest BCUT2D eigenvalue weighted by atomic mass is 19.1. The summed E-state index contributed by atoms with van der Waals surface area (Å²) in [6.45, 7) is 1.82. The molecule has 0 radical (unpaired) electrons. The number of carbonyl (C=O) groups excluding carboxylic acids is 1. The molecule has 146 valence electrons. The Kier molecular flexibility index (Phi) is 4.72. The van der Waals surface area contributed by atoms with E-state index in [4.69, 9.17) is 10.5 Å². The molecule has 1 saturated heterocycles. The Hall–Kier alpha value is -3.36. The molecular formula is C19H21FN6O2. The van der Waals surface area contributed by atoms with Gasteiger partial charge in [-0.15, -0.1) is 0 Å². The average Bonchev–Trinajstić information content (AvgIpc) is 3.29. The van der Waals surface area contributed by atoms with Crippen molar-refractivity contribution in [3.63, 3.8) is 0 Å². The molecule has 0 unspecified atom stereocenters. The third-order valence-electron chi connectivity index (χ3n) is 4.90. The number of pyridine rings is 1. The number of nitrogens with zero attached hydrogens (tertiary/aromatic N) is 4. The number of hydrogen-bond donors (Lipinski definition) is 2. The van der Waals surface area contributed by atoms with E-state index in [9.17, 15) is 9.18 Å². The van der Waals surface area contributed by atoms with E-state index in [-0.39, 0.29) is 11.8 Å². The van der Waals surface area contributed by atoms with E-state index in [1.54, 1.807) is 25.4 Å². The molecule has 28 heavy (non-hydrogen) atoms. The number of cyclic esters (lactones) is 1. The van der Waals surface area contributed by atoms with Gasteiger partial charge in [-0.3, -0.25) is 14.9 Å². The van der Waals surface area contributed by atoms with Crippen LogP contribution >= 0.6 is 0 Å². The second-order valence-electron chi connectivity index (χ2n) is 6.71. The number of anilines is 2. The standard InChI is InChI=1S/C19H21FN6O2/c1-22-18(21)24-8-14-10-26(19(27)28-14)13-4-5-17(15(20)7-13)25-9-12-3-2-6-23-16(12)11-25/h2-7,14H,8-11H2,1H3,(H3,21,22,24)/t14-/m0/s1. The van der Waals surface area contributed by atoms with Crippen molar-refractivity contribution >= 4 is 23.4 Å². The minimum absolute atomic E-state index is 0.269. The molecule has 1 amide bonds. The van der Waals surface area contributed by atoms with Gasteiger partial charge >= 0.3 is 6.09 Å². The van der Waals surface area contributed by atoms with Gasteiger partial charge in [0.2, 0.25) is 0 Å². The number of ether oxygens (including phenoxy) is 1. The summed E-state index contributed by atoms with van der Waals surface area (Å²) in [5, 5.41) is 2.87. The number of nitrogens with two attached hydrogens (primary N) is 1. The lowest BCUT2D eigenvalue weighted by Gasteiger charge is -2.20. The fourth-order valence-corrected chi connectivity index (χ4v) is 3.43. The van der Waals surface area contributed by atoms with Crippen LogP contribution in [-0.2, 0) is 17.8 Å². The van der Waals surface area contributed by atoms with E-state index < -0.39 is 12.2 Å². The first-order valence-electron chi connectivity index (χ1n) is 8.96. The number of carbonyl (C=O) groups is 1. The number of nitrogens with one attached hydrogen (secondary N) is 1. The highest BCUT2D eigenvalue weighted by molar-refractivity contribution is 5.90. The third-order valence-corrected chi connectivity index (χ3v) is 4.90. The largest absolute Gasteiger partial charge is 0.442 e. The van der Waals surface area contributed by atoms with Gasteiger partial charge in [0.1, 0.15) is 11.9 Å². The van der Waals surface area contributed by atoms with Gasteiger partial charge in [-0.25, -0.2) is 9.18 Å². The van der Waals surface area contributed by atoms with Crippen LogP contribution in [0.5, 0.6) is 0 Å². The average molecular weight is 384 g/mol. The van der Waals surface area contributed by atoms with Crippen LogP contribution < -0.4 is 20.9 Å². The van der Waals surface area contributed by atoms with Gasteiger partial charge in [0.15, 0.2) is 5.96 Å². The van der Waals surface area contributed by atoms with Crippen LogP contribution in [0.25, 0.3) is 0 Å². The summed E-state index contributed by atoms with van der Waals surface area (Å²) in [6.07, 6.45) is 0.838. The van der Waals surface area contributed by atoms with E-state index in [2.05, 4.69) is 15.3 Å². The molecule has 1 aromatic carbocycles. The zero-order chi connectivity index (χ0) is 19.7. The Bertz CT molecular complexity index is 909. The number of benzene rings is 1. The SMILES string of the molecule is CN=C(N)NC[C@H]1CN(c2ccc(N3Cc4cccnc4C3)c(F)c2)C(=O)O1. The van der Waals surface area contributed by atoms with E-state index in [1.807, 2.05) is 17.0 Å². The topological polar surface area (TPSA) is 96.1 Å². The minimum Gasteiger partial charge on any atom is -0.442 e. The second kappa shape index (κ2) is 7.34. The molecule has 9 heteroatoms. The molecule has 4 rings (SSSR count). The number of amides is 1. The number of hydrogen-bond acceptors (Lipinski definition) is 5. The molecule has 0 spiro atoms. The van der Waals surface area contributed by atoms with Crippen molar-refractivity contribution in [2.45, 2.75) is 19.2 Å². The highest BCUT2D eigenvalue weighted by Crippen LogP contribution is 2.32. The smallest absolute Gasteiger partial charge is 0.414 e.